The second-order valence-corrected chi connectivity index (χ2v) is 9.05. The highest BCUT2D eigenvalue weighted by Gasteiger charge is 2.30. The van der Waals surface area contributed by atoms with Crippen LogP contribution < -0.4 is 15.4 Å². The lowest BCUT2D eigenvalue weighted by Gasteiger charge is -2.31. The Morgan fingerprint density at radius 3 is 2.65 bits per heavy atom. The van der Waals surface area contributed by atoms with Gasteiger partial charge in [-0.25, -0.2) is 17.9 Å². The molecule has 4 N–H and O–H groups in total. The number of sulfonamides is 1. The van der Waals surface area contributed by atoms with Gasteiger partial charge in [0.1, 0.15) is 0 Å². The van der Waals surface area contributed by atoms with Crippen molar-refractivity contribution in [2.75, 3.05) is 18.5 Å². The first kappa shape index (κ1) is 23.1. The number of aliphatic hydroxyl groups excluding tert-OH is 1. The highest BCUT2D eigenvalue weighted by molar-refractivity contribution is 7.89. The van der Waals surface area contributed by atoms with Gasteiger partial charge in [-0.2, -0.15) is 0 Å². The number of hydrogen-bond donors (Lipinski definition) is 4. The Labute approximate surface area is 182 Å². The van der Waals surface area contributed by atoms with Crippen LogP contribution >= 0.6 is 0 Å². The van der Waals surface area contributed by atoms with Crippen molar-refractivity contribution in [3.05, 3.63) is 54.4 Å². The zero-order chi connectivity index (χ0) is 22.1. The molecular weight excluding hydrogens is 420 g/mol. The molecule has 0 spiro atoms. The maximum absolute atomic E-state index is 12.8. The summed E-state index contributed by atoms with van der Waals surface area (Å²) in [5, 5.41) is 14.4. The summed E-state index contributed by atoms with van der Waals surface area (Å²) < 4.78 is 33.9. The molecule has 0 radical (unpaired) electrons. The van der Waals surface area contributed by atoms with Crippen molar-refractivity contribution in [1.82, 2.24) is 15.0 Å². The van der Waals surface area contributed by atoms with Crippen LogP contribution in [-0.2, 0) is 21.3 Å². The van der Waals surface area contributed by atoms with Gasteiger partial charge in [0.05, 0.1) is 24.2 Å². The summed E-state index contributed by atoms with van der Waals surface area (Å²) >= 11 is 0. The number of rotatable bonds is 9. The van der Waals surface area contributed by atoms with Gasteiger partial charge in [-0.3, -0.25) is 4.98 Å². The van der Waals surface area contributed by atoms with Crippen LogP contribution in [0.3, 0.4) is 0 Å². The number of aromatic nitrogens is 1. The van der Waals surface area contributed by atoms with Crippen LogP contribution in [-0.4, -0.2) is 49.9 Å². The van der Waals surface area contributed by atoms with Crippen molar-refractivity contribution in [3.63, 3.8) is 0 Å². The summed E-state index contributed by atoms with van der Waals surface area (Å²) in [6.07, 6.45) is 6.40. The first-order valence-corrected chi connectivity index (χ1v) is 11.7. The number of aliphatic hydroxyl groups is 1. The van der Waals surface area contributed by atoms with Crippen molar-refractivity contribution in [3.8, 4) is 0 Å². The van der Waals surface area contributed by atoms with Crippen LogP contribution in [0.4, 0.5) is 10.5 Å². The van der Waals surface area contributed by atoms with Gasteiger partial charge in [0.2, 0.25) is 10.0 Å². The standard InChI is InChI=1S/C21H28N4O5S/c26-12-13-30-20-6-2-1-5-19(20)25-31(28,29)18-9-7-17(8-10-18)24-21(27)23-15-16-4-3-11-22-14-16/h3-4,7-11,14,19-20,25-26H,1-2,5-6,12-13,15H2,(H2,23,24,27). The molecule has 2 amide bonds. The van der Waals surface area contributed by atoms with Crippen molar-refractivity contribution in [2.24, 2.45) is 0 Å². The fraction of sp³-hybridized carbons (Fsp3) is 0.429. The molecule has 2 atom stereocenters. The molecular formula is C21H28N4O5S. The Bertz CT molecular complexity index is 938. The molecule has 2 aromatic rings. The lowest BCUT2D eigenvalue weighted by molar-refractivity contribution is -0.00585. The Kier molecular flexibility index (Phi) is 8.35. The topological polar surface area (TPSA) is 130 Å². The maximum atomic E-state index is 12.8. The molecule has 1 fully saturated rings. The van der Waals surface area contributed by atoms with E-state index in [0.717, 1.165) is 24.8 Å². The highest BCUT2D eigenvalue weighted by Crippen LogP contribution is 2.23. The number of hydrogen-bond acceptors (Lipinski definition) is 6. The summed E-state index contributed by atoms with van der Waals surface area (Å²) in [5.41, 5.74) is 1.35. The molecule has 31 heavy (non-hydrogen) atoms. The van der Waals surface area contributed by atoms with Gasteiger partial charge in [-0.1, -0.05) is 18.9 Å². The summed E-state index contributed by atoms with van der Waals surface area (Å²) in [7, 11) is -3.74. The van der Waals surface area contributed by atoms with E-state index in [4.69, 9.17) is 9.84 Å². The lowest BCUT2D eigenvalue weighted by atomic mass is 9.93. The number of benzene rings is 1. The zero-order valence-corrected chi connectivity index (χ0v) is 18.0. The number of pyridine rings is 1. The zero-order valence-electron chi connectivity index (χ0n) is 17.2. The fourth-order valence-corrected chi connectivity index (χ4v) is 4.78. The van der Waals surface area contributed by atoms with Crippen LogP contribution in [0.25, 0.3) is 0 Å². The summed E-state index contributed by atoms with van der Waals surface area (Å²) in [5.74, 6) is 0. The molecule has 2 unspecified atom stereocenters. The molecule has 168 valence electrons. The molecule has 1 saturated carbocycles. The Hall–Kier alpha value is -2.53. The minimum absolute atomic E-state index is 0.0970. The van der Waals surface area contributed by atoms with Gasteiger partial charge in [-0.15, -0.1) is 0 Å². The molecule has 0 saturated heterocycles. The molecule has 1 aromatic carbocycles. The SMILES string of the molecule is O=C(NCc1cccnc1)Nc1ccc(S(=O)(=O)NC2CCCCC2OCCO)cc1. The number of nitrogens with zero attached hydrogens (tertiary/aromatic N) is 1. The predicted octanol–water partition coefficient (Wildman–Crippen LogP) is 2.00. The third-order valence-corrected chi connectivity index (χ3v) is 6.54. The highest BCUT2D eigenvalue weighted by atomic mass is 32.2. The Morgan fingerprint density at radius 1 is 1.16 bits per heavy atom. The molecule has 0 aliphatic heterocycles. The number of carbonyl (C=O) groups is 1. The normalized spacial score (nSPS) is 19.0. The van der Waals surface area contributed by atoms with E-state index >= 15 is 0 Å². The minimum Gasteiger partial charge on any atom is -0.394 e. The second-order valence-electron chi connectivity index (χ2n) is 7.34. The van der Waals surface area contributed by atoms with E-state index in [1.54, 1.807) is 30.6 Å². The first-order chi connectivity index (χ1) is 15.0. The number of nitrogens with one attached hydrogen (secondary N) is 3. The minimum atomic E-state index is -3.74. The van der Waals surface area contributed by atoms with E-state index in [9.17, 15) is 13.2 Å². The third-order valence-electron chi connectivity index (χ3n) is 5.03. The molecule has 1 aliphatic carbocycles. The van der Waals surface area contributed by atoms with Crippen LogP contribution in [0.2, 0.25) is 0 Å². The van der Waals surface area contributed by atoms with Crippen LogP contribution in [0.5, 0.6) is 0 Å². The average Bonchev–Trinajstić information content (AvgIpc) is 2.78. The van der Waals surface area contributed by atoms with Gasteiger partial charge < -0.3 is 20.5 Å². The van der Waals surface area contributed by atoms with Crippen LogP contribution in [0.15, 0.2) is 53.7 Å². The fourth-order valence-electron chi connectivity index (χ4n) is 3.48. The first-order valence-electron chi connectivity index (χ1n) is 10.3. The predicted molar refractivity (Wildman–Crippen MR) is 116 cm³/mol. The third kappa shape index (κ3) is 7.00. The Morgan fingerprint density at radius 2 is 1.94 bits per heavy atom. The van der Waals surface area contributed by atoms with E-state index in [0.29, 0.717) is 18.7 Å². The quantitative estimate of drug-likeness (QED) is 0.464. The average molecular weight is 449 g/mol. The largest absolute Gasteiger partial charge is 0.394 e. The molecule has 1 heterocycles. The summed E-state index contributed by atoms with van der Waals surface area (Å²) in [6.45, 7) is 0.420. The molecule has 1 aromatic heterocycles. The molecule has 1 aliphatic rings. The summed E-state index contributed by atoms with van der Waals surface area (Å²) in [6, 6.07) is 8.89. The van der Waals surface area contributed by atoms with Gasteiger partial charge in [-0.05, 0) is 48.7 Å². The van der Waals surface area contributed by atoms with Crippen molar-refractivity contribution < 1.29 is 23.1 Å². The van der Waals surface area contributed by atoms with Crippen molar-refractivity contribution in [2.45, 2.75) is 49.3 Å². The van der Waals surface area contributed by atoms with Crippen molar-refractivity contribution in [1.29, 1.82) is 0 Å². The maximum Gasteiger partial charge on any atom is 0.319 e. The van der Waals surface area contributed by atoms with Crippen LogP contribution in [0, 0.1) is 0 Å². The van der Waals surface area contributed by atoms with E-state index in [1.165, 1.54) is 12.1 Å². The van der Waals surface area contributed by atoms with Gasteiger partial charge in [0.15, 0.2) is 0 Å². The molecule has 9 nitrogen and oxygen atoms in total. The van der Waals surface area contributed by atoms with Crippen molar-refractivity contribution >= 4 is 21.7 Å². The van der Waals surface area contributed by atoms with E-state index in [2.05, 4.69) is 20.3 Å². The molecule has 10 heteroatoms. The van der Waals surface area contributed by atoms with Gasteiger partial charge in [0.25, 0.3) is 0 Å². The van der Waals surface area contributed by atoms with Gasteiger partial charge in [0, 0.05) is 30.7 Å². The van der Waals surface area contributed by atoms with E-state index in [1.807, 2.05) is 6.07 Å². The molecule has 3 rings (SSSR count). The lowest BCUT2D eigenvalue weighted by Crippen LogP contribution is -2.46. The van der Waals surface area contributed by atoms with Crippen LogP contribution in [0.1, 0.15) is 31.2 Å². The second kappa shape index (κ2) is 11.2. The number of ether oxygens (including phenoxy) is 1. The monoisotopic (exact) mass is 448 g/mol. The molecule has 0 bridgehead atoms. The smallest absolute Gasteiger partial charge is 0.319 e. The Balaban J connectivity index is 1.55. The van der Waals surface area contributed by atoms with E-state index in [-0.39, 0.29) is 30.3 Å². The number of anilines is 1. The number of urea groups is 1. The van der Waals surface area contributed by atoms with E-state index < -0.39 is 16.1 Å². The number of amides is 2. The number of carbonyl (C=O) groups excluding carboxylic acids is 1. The summed E-state index contributed by atoms with van der Waals surface area (Å²) in [4.78, 5) is 16.1. The van der Waals surface area contributed by atoms with Gasteiger partial charge >= 0.3 is 6.03 Å².